The van der Waals surface area contributed by atoms with Gasteiger partial charge in [-0.15, -0.1) is 0 Å². The highest BCUT2D eigenvalue weighted by molar-refractivity contribution is 5.98. The van der Waals surface area contributed by atoms with Gasteiger partial charge < -0.3 is 29.8 Å². The summed E-state index contributed by atoms with van der Waals surface area (Å²) >= 11 is 0. The van der Waals surface area contributed by atoms with Crippen molar-refractivity contribution < 1.29 is 23.8 Å². The molecule has 0 bridgehead atoms. The van der Waals surface area contributed by atoms with E-state index in [9.17, 15) is 14.4 Å². The molecule has 0 amide bonds. The lowest BCUT2D eigenvalue weighted by atomic mass is 9.85. The van der Waals surface area contributed by atoms with Crippen molar-refractivity contribution in [2.24, 2.45) is 0 Å². The number of pyridine rings is 2. The van der Waals surface area contributed by atoms with Crippen LogP contribution in [0.15, 0.2) is 53.3 Å². The van der Waals surface area contributed by atoms with E-state index in [0.717, 1.165) is 28.0 Å². The fourth-order valence-corrected chi connectivity index (χ4v) is 5.64. The Labute approximate surface area is 229 Å². The summed E-state index contributed by atoms with van der Waals surface area (Å²) in [5, 5.41) is 4.39. The molecule has 2 aliphatic rings. The molecule has 10 nitrogen and oxygen atoms in total. The number of benzene rings is 2. The predicted molar refractivity (Wildman–Crippen MR) is 149 cm³/mol. The van der Waals surface area contributed by atoms with Gasteiger partial charge in [0.2, 0.25) is 5.60 Å². The summed E-state index contributed by atoms with van der Waals surface area (Å²) < 4.78 is 17.8. The first-order valence-corrected chi connectivity index (χ1v) is 13.0. The fraction of sp³-hybridized carbons (Fsp3) is 0.267. The molecular formula is C30H28N4O6. The molecule has 2 aromatic heterocycles. The number of aromatic nitrogens is 2. The topological polar surface area (TPSA) is 135 Å². The minimum absolute atomic E-state index is 0.118. The monoisotopic (exact) mass is 540 g/mol. The lowest BCUT2D eigenvalue weighted by molar-refractivity contribution is -0.188. The summed E-state index contributed by atoms with van der Waals surface area (Å²) in [7, 11) is 1.63. The van der Waals surface area contributed by atoms with Crippen LogP contribution in [0, 0.1) is 0 Å². The van der Waals surface area contributed by atoms with Crippen molar-refractivity contribution in [3.05, 3.63) is 81.1 Å². The second kappa shape index (κ2) is 9.41. The standard InChI is InChI=1S/C30H28N4O6/c1-4-30(40-16(2)35)23-12-25-27-21(14-34(25)28(36)22(23)15-39-29(30)37)26(20-11-18(31)7-10-24(20)33-27)32-13-17-5-8-19(38-3)9-6-17/h5-12H,4,13-15,31H2,1-3H3,(H,32,33)/t30-/m0/s1. The quantitative estimate of drug-likeness (QED) is 0.243. The number of nitrogens with zero attached hydrogens (tertiary/aromatic N) is 2. The van der Waals surface area contributed by atoms with Crippen molar-refractivity contribution in [1.82, 2.24) is 9.55 Å². The van der Waals surface area contributed by atoms with Crippen LogP contribution in [-0.4, -0.2) is 28.6 Å². The molecule has 0 radical (unpaired) electrons. The molecule has 0 spiro atoms. The number of hydrogen-bond donors (Lipinski definition) is 2. The number of carbonyl (C=O) groups excluding carboxylic acids is 2. The molecule has 2 aromatic carbocycles. The Balaban J connectivity index is 1.52. The maximum atomic E-state index is 13.8. The number of carbonyl (C=O) groups is 2. The third-order valence-electron chi connectivity index (χ3n) is 7.63. The van der Waals surface area contributed by atoms with Gasteiger partial charge in [0.25, 0.3) is 5.56 Å². The number of anilines is 2. The molecule has 0 unspecified atom stereocenters. The van der Waals surface area contributed by atoms with Crippen LogP contribution in [0.25, 0.3) is 22.3 Å². The van der Waals surface area contributed by atoms with Crippen molar-refractivity contribution in [1.29, 1.82) is 0 Å². The number of esters is 2. The fourth-order valence-electron chi connectivity index (χ4n) is 5.64. The first kappa shape index (κ1) is 25.4. The Morgan fingerprint density at radius 2 is 1.93 bits per heavy atom. The Bertz CT molecular complexity index is 1760. The Morgan fingerprint density at radius 1 is 1.15 bits per heavy atom. The molecule has 4 heterocycles. The third kappa shape index (κ3) is 3.86. The summed E-state index contributed by atoms with van der Waals surface area (Å²) in [5.41, 5.74) is 9.91. The number of nitrogen functional groups attached to an aromatic ring is 1. The maximum absolute atomic E-state index is 13.8. The van der Waals surface area contributed by atoms with Crippen molar-refractivity contribution >= 4 is 34.2 Å². The normalized spacial score (nSPS) is 17.0. The molecule has 6 rings (SSSR count). The van der Waals surface area contributed by atoms with Crippen LogP contribution in [0.5, 0.6) is 5.75 Å². The number of nitrogens with two attached hydrogens (primary N) is 1. The number of fused-ring (bicyclic) bond motifs is 5. The number of rotatable bonds is 6. The molecule has 204 valence electrons. The van der Waals surface area contributed by atoms with Crippen LogP contribution in [0.3, 0.4) is 0 Å². The van der Waals surface area contributed by atoms with Gasteiger partial charge in [0.15, 0.2) is 0 Å². The van der Waals surface area contributed by atoms with Gasteiger partial charge in [-0.1, -0.05) is 19.1 Å². The number of ether oxygens (including phenoxy) is 3. The van der Waals surface area contributed by atoms with Crippen LogP contribution >= 0.6 is 0 Å². The molecule has 0 saturated carbocycles. The predicted octanol–water partition coefficient (Wildman–Crippen LogP) is 3.85. The number of nitrogens with one attached hydrogen (secondary N) is 1. The molecule has 0 aliphatic carbocycles. The Morgan fingerprint density at radius 3 is 2.62 bits per heavy atom. The minimum Gasteiger partial charge on any atom is -0.497 e. The van der Waals surface area contributed by atoms with Crippen molar-refractivity contribution in [3.8, 4) is 17.1 Å². The van der Waals surface area contributed by atoms with Gasteiger partial charge in [-0.2, -0.15) is 0 Å². The lowest BCUT2D eigenvalue weighted by Gasteiger charge is -2.35. The molecule has 10 heteroatoms. The Hall–Kier alpha value is -4.86. The van der Waals surface area contributed by atoms with Gasteiger partial charge in [-0.3, -0.25) is 9.59 Å². The molecule has 0 fully saturated rings. The average Bonchev–Trinajstić information content (AvgIpc) is 3.31. The van der Waals surface area contributed by atoms with Crippen molar-refractivity contribution in [2.75, 3.05) is 18.2 Å². The number of hydrogen-bond acceptors (Lipinski definition) is 9. The summed E-state index contributed by atoms with van der Waals surface area (Å²) in [6, 6.07) is 15.0. The van der Waals surface area contributed by atoms with Gasteiger partial charge in [0, 0.05) is 35.7 Å². The molecule has 2 aliphatic heterocycles. The highest BCUT2D eigenvalue weighted by Gasteiger charge is 2.50. The second-order valence-corrected chi connectivity index (χ2v) is 9.96. The zero-order valence-corrected chi connectivity index (χ0v) is 22.4. The number of cyclic esters (lactones) is 1. The Kier molecular flexibility index (Phi) is 5.98. The van der Waals surface area contributed by atoms with E-state index in [4.69, 9.17) is 24.9 Å². The molecule has 0 saturated heterocycles. The van der Waals surface area contributed by atoms with Gasteiger partial charge in [0.1, 0.15) is 12.4 Å². The van der Waals surface area contributed by atoms with Gasteiger partial charge in [-0.25, -0.2) is 9.78 Å². The SMILES string of the molecule is CC[C@@]1(OC(C)=O)C(=O)OCc2c1cc1n(c2=O)Cc2c-1nc1ccc(N)cc1c2NCc1ccc(OC)cc1. The van der Waals surface area contributed by atoms with E-state index >= 15 is 0 Å². The van der Waals surface area contributed by atoms with Crippen LogP contribution in [0.1, 0.15) is 42.5 Å². The van der Waals surface area contributed by atoms with E-state index in [2.05, 4.69) is 5.32 Å². The van der Waals surface area contributed by atoms with Crippen LogP contribution in [0.4, 0.5) is 11.4 Å². The lowest BCUT2D eigenvalue weighted by Crippen LogP contribution is -2.47. The number of methoxy groups -OCH3 is 1. The third-order valence-corrected chi connectivity index (χ3v) is 7.63. The zero-order valence-electron chi connectivity index (χ0n) is 22.4. The van der Waals surface area contributed by atoms with Crippen molar-refractivity contribution in [3.63, 3.8) is 0 Å². The largest absolute Gasteiger partial charge is 0.497 e. The van der Waals surface area contributed by atoms with E-state index in [1.165, 1.54) is 6.92 Å². The second-order valence-electron chi connectivity index (χ2n) is 9.96. The van der Waals surface area contributed by atoms with E-state index in [1.807, 2.05) is 36.4 Å². The minimum atomic E-state index is -1.70. The zero-order chi connectivity index (χ0) is 28.2. The molecule has 3 N–H and O–H groups in total. The molecule has 4 aromatic rings. The molecule has 40 heavy (non-hydrogen) atoms. The first-order chi connectivity index (χ1) is 19.3. The molecule has 1 atom stereocenters. The summed E-state index contributed by atoms with van der Waals surface area (Å²) in [6.45, 7) is 3.53. The van der Waals surface area contributed by atoms with Crippen LogP contribution in [0.2, 0.25) is 0 Å². The van der Waals surface area contributed by atoms with E-state index in [1.54, 1.807) is 30.7 Å². The van der Waals surface area contributed by atoms with E-state index in [-0.39, 0.29) is 25.1 Å². The summed E-state index contributed by atoms with van der Waals surface area (Å²) in [6.07, 6.45) is 0.118. The summed E-state index contributed by atoms with van der Waals surface area (Å²) in [4.78, 5) is 43.8. The van der Waals surface area contributed by atoms with Crippen LogP contribution in [-0.2, 0) is 44.4 Å². The first-order valence-electron chi connectivity index (χ1n) is 13.0. The van der Waals surface area contributed by atoms with Crippen molar-refractivity contribution in [2.45, 2.75) is 45.6 Å². The average molecular weight is 541 g/mol. The summed E-state index contributed by atoms with van der Waals surface area (Å²) in [5.74, 6) is -0.562. The van der Waals surface area contributed by atoms with Gasteiger partial charge >= 0.3 is 11.9 Å². The highest BCUT2D eigenvalue weighted by Crippen LogP contribution is 2.43. The highest BCUT2D eigenvalue weighted by atomic mass is 16.6. The van der Waals surface area contributed by atoms with Gasteiger partial charge in [0.05, 0.1) is 41.8 Å². The maximum Gasteiger partial charge on any atom is 0.355 e. The van der Waals surface area contributed by atoms with E-state index < -0.39 is 17.5 Å². The smallest absolute Gasteiger partial charge is 0.355 e. The van der Waals surface area contributed by atoms with E-state index in [0.29, 0.717) is 40.3 Å². The van der Waals surface area contributed by atoms with Gasteiger partial charge in [-0.05, 0) is 48.4 Å². The molecular weight excluding hydrogens is 512 g/mol. The van der Waals surface area contributed by atoms with Crippen LogP contribution < -0.4 is 21.3 Å².